The van der Waals surface area contributed by atoms with Crippen LogP contribution in [-0.2, 0) is 21.0 Å². The average molecular weight is 374 g/mol. The number of anilines is 1. The van der Waals surface area contributed by atoms with E-state index in [9.17, 15) is 31.5 Å². The first kappa shape index (κ1) is 18.7. The van der Waals surface area contributed by atoms with Crippen molar-refractivity contribution >= 4 is 21.6 Å². The summed E-state index contributed by atoms with van der Waals surface area (Å²) in [5.74, 6) is -0.844. The van der Waals surface area contributed by atoms with Crippen molar-refractivity contribution in [1.82, 2.24) is 4.72 Å². The van der Waals surface area contributed by atoms with Crippen molar-refractivity contribution in [2.24, 2.45) is 0 Å². The second kappa shape index (κ2) is 7.11. The van der Waals surface area contributed by atoms with Gasteiger partial charge in [-0.25, -0.2) is 13.1 Å². The van der Waals surface area contributed by atoms with E-state index in [-0.39, 0.29) is 11.4 Å². The summed E-state index contributed by atoms with van der Waals surface area (Å²) in [6.45, 7) is -0.686. The molecule has 0 bridgehead atoms. The van der Waals surface area contributed by atoms with E-state index in [2.05, 4.69) is 5.32 Å². The van der Waals surface area contributed by atoms with E-state index in [0.29, 0.717) is 6.07 Å². The Labute approximate surface area is 141 Å². The molecule has 6 nitrogen and oxygen atoms in total. The summed E-state index contributed by atoms with van der Waals surface area (Å²) < 4.78 is 63.9. The third kappa shape index (κ3) is 5.19. The number of carbonyl (C=O) groups excluding carboxylic acids is 1. The first-order valence-corrected chi connectivity index (χ1v) is 8.32. The molecular formula is C15H13F3N2O4S. The van der Waals surface area contributed by atoms with Gasteiger partial charge in [-0.15, -0.1) is 0 Å². The Kier molecular flexibility index (Phi) is 5.33. The number of hydrogen-bond acceptors (Lipinski definition) is 4. The van der Waals surface area contributed by atoms with E-state index >= 15 is 0 Å². The van der Waals surface area contributed by atoms with Crippen molar-refractivity contribution in [3.8, 4) is 5.75 Å². The van der Waals surface area contributed by atoms with Gasteiger partial charge in [-0.3, -0.25) is 4.79 Å². The molecule has 2 rings (SSSR count). The Morgan fingerprint density at radius 2 is 1.76 bits per heavy atom. The number of amides is 1. The molecular weight excluding hydrogens is 361 g/mol. The monoisotopic (exact) mass is 374 g/mol. The van der Waals surface area contributed by atoms with Gasteiger partial charge in [-0.05, 0) is 30.3 Å². The predicted molar refractivity (Wildman–Crippen MR) is 83.4 cm³/mol. The van der Waals surface area contributed by atoms with Gasteiger partial charge in [0.25, 0.3) is 0 Å². The fraction of sp³-hybridized carbons (Fsp3) is 0.133. The summed E-state index contributed by atoms with van der Waals surface area (Å²) in [6, 6.07) is 8.75. The number of alkyl halides is 3. The van der Waals surface area contributed by atoms with Crippen LogP contribution in [0.1, 0.15) is 5.56 Å². The molecule has 3 N–H and O–H groups in total. The van der Waals surface area contributed by atoms with Crippen LogP contribution in [0.25, 0.3) is 0 Å². The van der Waals surface area contributed by atoms with Crippen LogP contribution in [0.5, 0.6) is 5.75 Å². The van der Waals surface area contributed by atoms with Gasteiger partial charge in [0.05, 0.1) is 17.0 Å². The third-order valence-corrected chi connectivity index (χ3v) is 4.42. The van der Waals surface area contributed by atoms with E-state index in [1.165, 1.54) is 24.3 Å². The van der Waals surface area contributed by atoms with Gasteiger partial charge >= 0.3 is 6.18 Å². The Bertz CT molecular complexity index is 882. The highest BCUT2D eigenvalue weighted by Crippen LogP contribution is 2.30. The highest BCUT2D eigenvalue weighted by atomic mass is 32.2. The number of phenolic OH excluding ortho intramolecular Hbond substituents is 1. The lowest BCUT2D eigenvalue weighted by Crippen LogP contribution is -2.33. The molecule has 0 heterocycles. The number of rotatable bonds is 5. The molecule has 0 fully saturated rings. The number of nitrogens with one attached hydrogen (secondary N) is 2. The zero-order valence-electron chi connectivity index (χ0n) is 12.5. The molecule has 25 heavy (non-hydrogen) atoms. The molecule has 0 aliphatic carbocycles. The molecule has 0 aromatic heterocycles. The molecule has 0 radical (unpaired) electrons. The number of halogens is 3. The topological polar surface area (TPSA) is 95.5 Å². The second-order valence-corrected chi connectivity index (χ2v) is 6.72. The zero-order chi connectivity index (χ0) is 18.7. The number of phenols is 1. The number of carbonyl (C=O) groups is 1. The van der Waals surface area contributed by atoms with Crippen molar-refractivity contribution < 1.29 is 31.5 Å². The molecule has 2 aromatic rings. The summed E-state index contributed by atoms with van der Waals surface area (Å²) in [4.78, 5) is 11.1. The molecule has 134 valence electrons. The Hall–Kier alpha value is -2.59. The normalized spacial score (nSPS) is 12.0. The van der Waals surface area contributed by atoms with E-state index in [0.717, 1.165) is 18.2 Å². The van der Waals surface area contributed by atoms with E-state index in [4.69, 9.17) is 0 Å². The van der Waals surface area contributed by atoms with Gasteiger partial charge in [0, 0.05) is 11.8 Å². The molecule has 0 aliphatic rings. The average Bonchev–Trinajstić information content (AvgIpc) is 2.52. The van der Waals surface area contributed by atoms with Crippen LogP contribution in [-0.4, -0.2) is 26.0 Å². The Morgan fingerprint density at radius 3 is 2.40 bits per heavy atom. The minimum atomic E-state index is -4.68. The Morgan fingerprint density at radius 1 is 1.08 bits per heavy atom. The van der Waals surface area contributed by atoms with Crippen molar-refractivity contribution in [2.45, 2.75) is 11.1 Å². The van der Waals surface area contributed by atoms with E-state index in [1.807, 2.05) is 4.72 Å². The summed E-state index contributed by atoms with van der Waals surface area (Å²) in [6.07, 6.45) is -4.68. The van der Waals surface area contributed by atoms with Crippen molar-refractivity contribution in [3.63, 3.8) is 0 Å². The first-order chi connectivity index (χ1) is 11.6. The lowest BCUT2D eigenvalue weighted by atomic mass is 10.2. The van der Waals surface area contributed by atoms with Gasteiger partial charge in [-0.2, -0.15) is 13.2 Å². The molecule has 0 atom stereocenters. The maximum absolute atomic E-state index is 12.6. The number of benzene rings is 2. The van der Waals surface area contributed by atoms with Crippen LogP contribution in [0, 0.1) is 0 Å². The van der Waals surface area contributed by atoms with E-state index < -0.39 is 39.1 Å². The number of aromatic hydroxyl groups is 1. The molecule has 10 heteroatoms. The predicted octanol–water partition coefficient (Wildman–Crippen LogP) is 2.33. The van der Waals surface area contributed by atoms with Gasteiger partial charge < -0.3 is 10.4 Å². The molecule has 2 aromatic carbocycles. The van der Waals surface area contributed by atoms with E-state index in [1.54, 1.807) is 0 Å². The van der Waals surface area contributed by atoms with Crippen molar-refractivity contribution in [3.05, 3.63) is 54.1 Å². The van der Waals surface area contributed by atoms with Crippen LogP contribution in [0.2, 0.25) is 0 Å². The summed E-state index contributed by atoms with van der Waals surface area (Å²) in [5, 5.41) is 11.6. The van der Waals surface area contributed by atoms with Crippen LogP contribution in [0.15, 0.2) is 53.4 Å². The number of hydrogen-bond donors (Lipinski definition) is 3. The zero-order valence-corrected chi connectivity index (χ0v) is 13.4. The second-order valence-electron chi connectivity index (χ2n) is 4.95. The van der Waals surface area contributed by atoms with Crippen LogP contribution in [0.4, 0.5) is 18.9 Å². The lowest BCUT2D eigenvalue weighted by Gasteiger charge is -2.10. The Balaban J connectivity index is 2.05. The van der Waals surface area contributed by atoms with Crippen LogP contribution in [0.3, 0.4) is 0 Å². The van der Waals surface area contributed by atoms with Crippen molar-refractivity contribution in [1.29, 1.82) is 0 Å². The van der Waals surface area contributed by atoms with Gasteiger partial charge in [0.1, 0.15) is 5.75 Å². The fourth-order valence-electron chi connectivity index (χ4n) is 1.87. The third-order valence-electron chi connectivity index (χ3n) is 3.02. The van der Waals surface area contributed by atoms with Crippen molar-refractivity contribution in [2.75, 3.05) is 11.9 Å². The molecule has 1 amide bonds. The maximum Gasteiger partial charge on any atom is 0.416 e. The highest BCUT2D eigenvalue weighted by molar-refractivity contribution is 7.89. The summed E-state index contributed by atoms with van der Waals surface area (Å²) >= 11 is 0. The maximum atomic E-state index is 12.6. The standard InChI is InChI=1S/C15H13F3N2O4S/c16-15(17,18)10-3-1-6-13(7-10)25(23,24)19-9-14(22)20-11-4-2-5-12(21)8-11/h1-8,19,21H,9H2,(H,20,22). The SMILES string of the molecule is O=C(CNS(=O)(=O)c1cccc(C(F)(F)F)c1)Nc1cccc(O)c1. The summed E-state index contributed by atoms with van der Waals surface area (Å²) in [7, 11) is -4.30. The largest absolute Gasteiger partial charge is 0.508 e. The smallest absolute Gasteiger partial charge is 0.416 e. The summed E-state index contributed by atoms with van der Waals surface area (Å²) in [5.41, 5.74) is -0.872. The molecule has 0 saturated heterocycles. The minimum absolute atomic E-state index is 0.0950. The minimum Gasteiger partial charge on any atom is -0.508 e. The molecule has 0 saturated carbocycles. The first-order valence-electron chi connectivity index (χ1n) is 6.84. The van der Waals surface area contributed by atoms with Gasteiger partial charge in [-0.1, -0.05) is 12.1 Å². The quantitative estimate of drug-likeness (QED) is 0.749. The van der Waals surface area contributed by atoms with Crippen LogP contribution >= 0.6 is 0 Å². The lowest BCUT2D eigenvalue weighted by molar-refractivity contribution is -0.137. The number of sulfonamides is 1. The molecule has 0 aliphatic heterocycles. The van der Waals surface area contributed by atoms with Crippen LogP contribution < -0.4 is 10.0 Å². The van der Waals surface area contributed by atoms with Gasteiger partial charge in [0.2, 0.25) is 15.9 Å². The fourth-order valence-corrected chi connectivity index (χ4v) is 2.90. The highest BCUT2D eigenvalue weighted by Gasteiger charge is 2.31. The van der Waals surface area contributed by atoms with Gasteiger partial charge in [0.15, 0.2) is 0 Å². The molecule has 0 unspecified atom stereocenters. The molecule has 0 spiro atoms.